The molecule has 30 heavy (non-hydrogen) atoms. The van der Waals surface area contributed by atoms with Gasteiger partial charge in [-0.3, -0.25) is 9.59 Å². The van der Waals surface area contributed by atoms with E-state index in [0.29, 0.717) is 40.7 Å². The molecule has 0 atom stereocenters. The first kappa shape index (κ1) is 20.7. The zero-order valence-electron chi connectivity index (χ0n) is 16.7. The van der Waals surface area contributed by atoms with Gasteiger partial charge in [-0.25, -0.2) is 0 Å². The maximum atomic E-state index is 12.4. The molecule has 0 heterocycles. The SMILES string of the molecule is COc1cc(CNC(=O)c2ccc(Oc3ccc(C(N)=O)cc3)cc2)cc(OC)c1. The Hall–Kier alpha value is -4.00. The molecule has 0 spiro atoms. The number of hydrogen-bond donors (Lipinski definition) is 2. The highest BCUT2D eigenvalue weighted by Gasteiger charge is 2.08. The van der Waals surface area contributed by atoms with E-state index in [0.717, 1.165) is 5.56 Å². The van der Waals surface area contributed by atoms with Crippen molar-refractivity contribution < 1.29 is 23.8 Å². The minimum Gasteiger partial charge on any atom is -0.497 e. The number of nitrogens with one attached hydrogen (secondary N) is 1. The van der Waals surface area contributed by atoms with Crippen molar-refractivity contribution in [3.63, 3.8) is 0 Å². The number of methoxy groups -OCH3 is 2. The van der Waals surface area contributed by atoms with Gasteiger partial charge in [0.05, 0.1) is 14.2 Å². The molecule has 0 aliphatic carbocycles. The third-order valence-electron chi connectivity index (χ3n) is 4.36. The Bertz CT molecular complexity index is 1010. The van der Waals surface area contributed by atoms with Gasteiger partial charge in [0, 0.05) is 23.7 Å². The lowest BCUT2D eigenvalue weighted by molar-refractivity contribution is 0.0949. The highest BCUT2D eigenvalue weighted by molar-refractivity contribution is 5.94. The van der Waals surface area contributed by atoms with Crippen LogP contribution in [0, 0.1) is 0 Å². The molecule has 0 bridgehead atoms. The molecule has 0 fully saturated rings. The van der Waals surface area contributed by atoms with E-state index in [1.165, 1.54) is 0 Å². The van der Waals surface area contributed by atoms with Crippen LogP contribution in [-0.4, -0.2) is 26.0 Å². The molecule has 3 rings (SSSR count). The van der Waals surface area contributed by atoms with Gasteiger partial charge in [0.1, 0.15) is 23.0 Å². The van der Waals surface area contributed by atoms with Gasteiger partial charge < -0.3 is 25.3 Å². The summed E-state index contributed by atoms with van der Waals surface area (Å²) in [6.07, 6.45) is 0. The van der Waals surface area contributed by atoms with Gasteiger partial charge in [-0.1, -0.05) is 0 Å². The van der Waals surface area contributed by atoms with E-state index in [1.54, 1.807) is 68.8 Å². The van der Waals surface area contributed by atoms with Crippen molar-refractivity contribution in [2.75, 3.05) is 14.2 Å². The number of rotatable bonds is 8. The normalized spacial score (nSPS) is 10.2. The zero-order chi connectivity index (χ0) is 21.5. The number of nitrogens with two attached hydrogens (primary N) is 1. The van der Waals surface area contributed by atoms with Crippen molar-refractivity contribution in [3.8, 4) is 23.0 Å². The van der Waals surface area contributed by atoms with Gasteiger partial charge in [-0.05, 0) is 66.2 Å². The molecular weight excluding hydrogens is 384 g/mol. The maximum absolute atomic E-state index is 12.4. The quantitative estimate of drug-likeness (QED) is 0.596. The van der Waals surface area contributed by atoms with E-state index in [1.807, 2.05) is 12.1 Å². The molecule has 2 amide bonds. The standard InChI is InChI=1S/C23H22N2O5/c1-28-20-11-15(12-21(13-20)29-2)14-25-23(27)17-5-9-19(10-6-17)30-18-7-3-16(4-8-18)22(24)26/h3-13H,14H2,1-2H3,(H2,24,26)(H,25,27). The minimum atomic E-state index is -0.496. The lowest BCUT2D eigenvalue weighted by atomic mass is 10.1. The van der Waals surface area contributed by atoms with E-state index >= 15 is 0 Å². The number of carbonyl (C=O) groups excluding carboxylic acids is 2. The van der Waals surface area contributed by atoms with Crippen LogP contribution in [0.25, 0.3) is 0 Å². The Morgan fingerprint density at radius 3 is 1.73 bits per heavy atom. The Morgan fingerprint density at radius 2 is 1.27 bits per heavy atom. The number of ether oxygens (including phenoxy) is 3. The summed E-state index contributed by atoms with van der Waals surface area (Å²) in [4.78, 5) is 23.6. The summed E-state index contributed by atoms with van der Waals surface area (Å²) in [5.41, 5.74) is 6.99. The molecule has 3 aromatic rings. The first-order valence-corrected chi connectivity index (χ1v) is 9.16. The van der Waals surface area contributed by atoms with E-state index in [4.69, 9.17) is 19.9 Å². The summed E-state index contributed by atoms with van der Waals surface area (Å²) in [6.45, 7) is 0.330. The van der Waals surface area contributed by atoms with Crippen LogP contribution in [0.2, 0.25) is 0 Å². The van der Waals surface area contributed by atoms with Crippen molar-refractivity contribution in [2.24, 2.45) is 5.73 Å². The molecule has 3 N–H and O–H groups in total. The van der Waals surface area contributed by atoms with Crippen LogP contribution < -0.4 is 25.3 Å². The van der Waals surface area contributed by atoms with Gasteiger partial charge in [0.15, 0.2) is 0 Å². The Balaban J connectivity index is 1.60. The van der Waals surface area contributed by atoms with E-state index < -0.39 is 5.91 Å². The van der Waals surface area contributed by atoms with Crippen LogP contribution in [0.3, 0.4) is 0 Å². The third kappa shape index (κ3) is 5.29. The number of benzene rings is 3. The summed E-state index contributed by atoms with van der Waals surface area (Å²) >= 11 is 0. The van der Waals surface area contributed by atoms with Crippen LogP contribution >= 0.6 is 0 Å². The summed E-state index contributed by atoms with van der Waals surface area (Å²) < 4.78 is 16.2. The van der Waals surface area contributed by atoms with E-state index in [9.17, 15) is 9.59 Å². The molecule has 7 heteroatoms. The van der Waals surface area contributed by atoms with Gasteiger partial charge in [-0.2, -0.15) is 0 Å². The summed E-state index contributed by atoms with van der Waals surface area (Å²) in [6, 6.07) is 18.7. The largest absolute Gasteiger partial charge is 0.497 e. The Labute approximate surface area is 174 Å². The number of amides is 2. The van der Waals surface area contributed by atoms with Crippen molar-refractivity contribution >= 4 is 11.8 Å². The second-order valence-electron chi connectivity index (χ2n) is 6.42. The molecule has 0 saturated heterocycles. The van der Waals surface area contributed by atoms with Crippen molar-refractivity contribution in [2.45, 2.75) is 6.54 Å². The molecule has 0 aliphatic heterocycles. The second kappa shape index (κ2) is 9.47. The number of carbonyl (C=O) groups is 2. The van der Waals surface area contributed by atoms with Crippen molar-refractivity contribution in [3.05, 3.63) is 83.4 Å². The van der Waals surface area contributed by atoms with Crippen LogP contribution in [0.5, 0.6) is 23.0 Å². The molecule has 0 unspecified atom stereocenters. The lowest BCUT2D eigenvalue weighted by Crippen LogP contribution is -2.22. The molecule has 0 saturated carbocycles. The zero-order valence-corrected chi connectivity index (χ0v) is 16.7. The summed E-state index contributed by atoms with van der Waals surface area (Å²) in [5.74, 6) is 1.73. The topological polar surface area (TPSA) is 99.9 Å². The molecule has 3 aromatic carbocycles. The van der Waals surface area contributed by atoms with Gasteiger partial charge in [-0.15, -0.1) is 0 Å². The molecule has 7 nitrogen and oxygen atoms in total. The smallest absolute Gasteiger partial charge is 0.251 e. The van der Waals surface area contributed by atoms with E-state index in [-0.39, 0.29) is 5.91 Å². The Kier molecular flexibility index (Phi) is 6.54. The van der Waals surface area contributed by atoms with Crippen molar-refractivity contribution in [1.29, 1.82) is 0 Å². The summed E-state index contributed by atoms with van der Waals surface area (Å²) in [7, 11) is 3.15. The first-order chi connectivity index (χ1) is 14.5. The lowest BCUT2D eigenvalue weighted by Gasteiger charge is -2.10. The molecule has 0 aliphatic rings. The van der Waals surface area contributed by atoms with Crippen LogP contribution in [-0.2, 0) is 6.54 Å². The monoisotopic (exact) mass is 406 g/mol. The van der Waals surface area contributed by atoms with E-state index in [2.05, 4.69) is 5.32 Å². The maximum Gasteiger partial charge on any atom is 0.251 e. The molecule has 154 valence electrons. The molecule has 0 radical (unpaired) electrons. The number of primary amides is 1. The van der Waals surface area contributed by atoms with Gasteiger partial charge in [0.25, 0.3) is 5.91 Å². The molecule has 0 aromatic heterocycles. The van der Waals surface area contributed by atoms with Gasteiger partial charge >= 0.3 is 0 Å². The Morgan fingerprint density at radius 1 is 0.767 bits per heavy atom. The first-order valence-electron chi connectivity index (χ1n) is 9.16. The third-order valence-corrected chi connectivity index (χ3v) is 4.36. The predicted molar refractivity (Wildman–Crippen MR) is 112 cm³/mol. The average Bonchev–Trinajstić information content (AvgIpc) is 2.78. The fraction of sp³-hybridized carbons (Fsp3) is 0.130. The summed E-state index contributed by atoms with van der Waals surface area (Å²) in [5, 5.41) is 2.87. The fourth-order valence-corrected chi connectivity index (χ4v) is 2.75. The highest BCUT2D eigenvalue weighted by atomic mass is 16.5. The van der Waals surface area contributed by atoms with Crippen LogP contribution in [0.15, 0.2) is 66.7 Å². The fourth-order valence-electron chi connectivity index (χ4n) is 2.75. The van der Waals surface area contributed by atoms with Crippen LogP contribution in [0.4, 0.5) is 0 Å². The van der Waals surface area contributed by atoms with Crippen molar-refractivity contribution in [1.82, 2.24) is 5.32 Å². The van der Waals surface area contributed by atoms with Crippen LogP contribution in [0.1, 0.15) is 26.3 Å². The predicted octanol–water partition coefficient (Wildman–Crippen LogP) is 3.53. The van der Waals surface area contributed by atoms with Gasteiger partial charge in [0.2, 0.25) is 5.91 Å². The average molecular weight is 406 g/mol. The second-order valence-corrected chi connectivity index (χ2v) is 6.42. The molecular formula is C23H22N2O5. The number of hydrogen-bond acceptors (Lipinski definition) is 5. The minimum absolute atomic E-state index is 0.214. The highest BCUT2D eigenvalue weighted by Crippen LogP contribution is 2.23.